The van der Waals surface area contributed by atoms with Crippen molar-refractivity contribution in [2.75, 3.05) is 26.3 Å². The number of aliphatic hydroxyl groups excluding tert-OH is 1. The van der Waals surface area contributed by atoms with E-state index in [0.717, 1.165) is 17.6 Å². The van der Waals surface area contributed by atoms with Gasteiger partial charge in [0.25, 0.3) is 10.0 Å². The minimum absolute atomic E-state index is 0.00516. The van der Waals surface area contributed by atoms with E-state index in [0.29, 0.717) is 55.3 Å². The summed E-state index contributed by atoms with van der Waals surface area (Å²) < 4.78 is 49.8. The molecule has 2 bridgehead atoms. The summed E-state index contributed by atoms with van der Waals surface area (Å²) in [5.74, 6) is 1.41. The number of oxazole rings is 1. The van der Waals surface area contributed by atoms with Gasteiger partial charge >= 0.3 is 6.09 Å². The van der Waals surface area contributed by atoms with Crippen LogP contribution >= 0.6 is 0 Å². The number of amides is 1. The van der Waals surface area contributed by atoms with E-state index in [2.05, 4.69) is 15.1 Å². The number of nitrogens with one attached hydrogen (secondary N) is 2. The summed E-state index contributed by atoms with van der Waals surface area (Å²) in [7, 11) is -4.04. The summed E-state index contributed by atoms with van der Waals surface area (Å²) >= 11 is 0. The standard InChI is InChI=1S/C32H40N4O8S/c1-19(2)11-12-36(35-45(39,40)23-9-10-26-29(15-23)43-20(3)33-26)16-28(37)27(13-21-7-5-4-6-8-21)34-32(38)44-30-22-14-24-25(30)18-42-31(24)41-17-22/h4-10,15,19,22,24,27-28,31,35,37H,11-14,16-18H2,1-3H3,(H,34,38)/t22?,24?,27-,28+,31?/m0/s1. The third kappa shape index (κ3) is 7.24. The average Bonchev–Trinajstić information content (AvgIpc) is 3.66. The second kappa shape index (κ2) is 13.2. The normalized spacial score (nSPS) is 22.4. The number of carbonyl (C=O) groups is 1. The number of sulfonamides is 1. The molecule has 6 rings (SSSR count). The van der Waals surface area contributed by atoms with Gasteiger partial charge in [0, 0.05) is 43.5 Å². The van der Waals surface area contributed by atoms with Gasteiger partial charge in [-0.05, 0) is 42.9 Å². The van der Waals surface area contributed by atoms with Crippen molar-refractivity contribution >= 4 is 27.2 Å². The highest BCUT2D eigenvalue weighted by Gasteiger charge is 2.49. The van der Waals surface area contributed by atoms with Crippen molar-refractivity contribution in [1.82, 2.24) is 20.1 Å². The van der Waals surface area contributed by atoms with Gasteiger partial charge in [0.1, 0.15) is 11.3 Å². The molecule has 3 N–H and O–H groups in total. The summed E-state index contributed by atoms with van der Waals surface area (Å²) in [6, 6.07) is 13.2. The van der Waals surface area contributed by atoms with Crippen LogP contribution in [0.25, 0.3) is 11.1 Å². The van der Waals surface area contributed by atoms with Crippen molar-refractivity contribution in [2.45, 2.75) is 63.4 Å². The van der Waals surface area contributed by atoms with E-state index in [1.54, 1.807) is 13.0 Å². The molecule has 2 aliphatic heterocycles. The van der Waals surface area contributed by atoms with E-state index < -0.39 is 28.3 Å². The van der Waals surface area contributed by atoms with Crippen molar-refractivity contribution in [3.63, 3.8) is 0 Å². The zero-order valence-electron chi connectivity index (χ0n) is 25.6. The Hall–Kier alpha value is -3.33. The topological polar surface area (TPSA) is 152 Å². The second-order valence-corrected chi connectivity index (χ2v) is 14.1. The second-order valence-electron chi connectivity index (χ2n) is 12.4. The molecule has 2 aromatic carbocycles. The van der Waals surface area contributed by atoms with Gasteiger partial charge in [0.15, 0.2) is 17.8 Å². The molecule has 3 aliphatic rings. The van der Waals surface area contributed by atoms with Crippen LogP contribution in [0.15, 0.2) is 69.2 Å². The summed E-state index contributed by atoms with van der Waals surface area (Å²) in [5, 5.41) is 15.9. The first-order chi connectivity index (χ1) is 21.6. The van der Waals surface area contributed by atoms with Crippen molar-refractivity contribution in [3.8, 4) is 0 Å². The molecule has 0 radical (unpaired) electrons. The van der Waals surface area contributed by atoms with Crippen LogP contribution < -0.4 is 10.1 Å². The van der Waals surface area contributed by atoms with Crippen molar-refractivity contribution in [1.29, 1.82) is 0 Å². The highest BCUT2D eigenvalue weighted by atomic mass is 32.2. The zero-order chi connectivity index (χ0) is 31.7. The number of aryl methyl sites for hydroxylation is 1. The van der Waals surface area contributed by atoms with Gasteiger partial charge in [-0.2, -0.15) is 0 Å². The Kier molecular flexibility index (Phi) is 9.27. The van der Waals surface area contributed by atoms with Crippen LogP contribution in [0.1, 0.15) is 38.1 Å². The van der Waals surface area contributed by atoms with Gasteiger partial charge in [-0.25, -0.2) is 23.2 Å². The van der Waals surface area contributed by atoms with Crippen molar-refractivity contribution < 1.29 is 36.9 Å². The molecule has 1 aliphatic carbocycles. The SMILES string of the molecule is Cc1nc2ccc(S(=O)(=O)NN(CCC(C)C)C[C@@H](O)[C@H](Cc3ccccc3)NC(=O)OC3=C4COC5OCC3CC45)cc2o1. The maximum Gasteiger partial charge on any atom is 0.412 e. The van der Waals surface area contributed by atoms with E-state index in [4.69, 9.17) is 18.6 Å². The number of benzene rings is 2. The molecule has 0 spiro atoms. The summed E-state index contributed by atoms with van der Waals surface area (Å²) in [5.41, 5.74) is 2.78. The number of nitrogens with zero attached hydrogens (tertiary/aromatic N) is 2. The fraction of sp³-hybridized carbons (Fsp3) is 0.500. The Bertz CT molecular complexity index is 1660. The molecule has 45 heavy (non-hydrogen) atoms. The van der Waals surface area contributed by atoms with Gasteiger partial charge in [0.05, 0.1) is 30.3 Å². The van der Waals surface area contributed by atoms with Crippen LogP contribution in [0.2, 0.25) is 0 Å². The maximum absolute atomic E-state index is 13.5. The van der Waals surface area contributed by atoms with Gasteiger partial charge < -0.3 is 29.1 Å². The molecule has 0 saturated carbocycles. The van der Waals surface area contributed by atoms with Crippen molar-refractivity contribution in [3.05, 3.63) is 71.3 Å². The molecular weight excluding hydrogens is 600 g/mol. The molecule has 1 aromatic heterocycles. The number of hydrogen-bond acceptors (Lipinski definition) is 10. The first-order valence-corrected chi connectivity index (χ1v) is 16.8. The highest BCUT2D eigenvalue weighted by molar-refractivity contribution is 7.89. The summed E-state index contributed by atoms with van der Waals surface area (Å²) in [4.78, 5) is 20.2. The summed E-state index contributed by atoms with van der Waals surface area (Å²) in [6.07, 6.45) is -0.328. The largest absolute Gasteiger partial charge is 0.441 e. The van der Waals surface area contributed by atoms with E-state index in [1.807, 2.05) is 44.2 Å². The van der Waals surface area contributed by atoms with Gasteiger partial charge in [-0.3, -0.25) is 0 Å². The monoisotopic (exact) mass is 640 g/mol. The third-order valence-electron chi connectivity index (χ3n) is 8.55. The molecule has 3 unspecified atom stereocenters. The minimum atomic E-state index is -4.04. The lowest BCUT2D eigenvalue weighted by atomic mass is 9.99. The zero-order valence-corrected chi connectivity index (χ0v) is 26.5. The molecule has 2 saturated heterocycles. The number of hydrogen-bond donors (Lipinski definition) is 3. The van der Waals surface area contributed by atoms with Crippen LogP contribution in [-0.2, 0) is 30.7 Å². The number of carbonyl (C=O) groups excluding carboxylic acids is 1. The Labute approximate surface area is 262 Å². The van der Waals surface area contributed by atoms with Crippen LogP contribution in [-0.4, -0.2) is 74.3 Å². The van der Waals surface area contributed by atoms with Crippen molar-refractivity contribution in [2.24, 2.45) is 17.8 Å². The maximum atomic E-state index is 13.5. The molecular formula is C32H40N4O8S. The number of aromatic nitrogens is 1. The summed E-state index contributed by atoms with van der Waals surface area (Å²) in [6.45, 7) is 6.82. The van der Waals surface area contributed by atoms with Gasteiger partial charge in [-0.15, -0.1) is 4.83 Å². The Balaban J connectivity index is 1.19. The number of ether oxygens (including phenoxy) is 3. The number of aliphatic hydroxyl groups is 1. The highest BCUT2D eigenvalue weighted by Crippen LogP contribution is 2.48. The molecule has 5 atom stereocenters. The first-order valence-electron chi connectivity index (χ1n) is 15.4. The average molecular weight is 641 g/mol. The number of hydrazine groups is 1. The predicted molar refractivity (Wildman–Crippen MR) is 164 cm³/mol. The molecule has 3 aromatic rings. The number of fused-ring (bicyclic) bond motifs is 2. The Morgan fingerprint density at radius 2 is 1.98 bits per heavy atom. The lowest BCUT2D eigenvalue weighted by molar-refractivity contribution is -0.161. The lowest BCUT2D eigenvalue weighted by Crippen LogP contribution is -2.53. The van der Waals surface area contributed by atoms with Crippen LogP contribution in [0, 0.1) is 24.7 Å². The number of rotatable bonds is 13. The third-order valence-corrected chi connectivity index (χ3v) is 9.92. The Morgan fingerprint density at radius 1 is 1.18 bits per heavy atom. The Morgan fingerprint density at radius 3 is 2.76 bits per heavy atom. The van der Waals surface area contributed by atoms with Crippen LogP contribution in [0.4, 0.5) is 4.79 Å². The van der Waals surface area contributed by atoms with Gasteiger partial charge in [-0.1, -0.05) is 44.2 Å². The molecule has 2 fully saturated rings. The van der Waals surface area contributed by atoms with Crippen LogP contribution in [0.3, 0.4) is 0 Å². The molecule has 13 heteroatoms. The lowest BCUT2D eigenvalue weighted by Gasteiger charge is -2.31. The first kappa shape index (κ1) is 31.6. The fourth-order valence-electron chi connectivity index (χ4n) is 6.19. The molecule has 1 amide bonds. The smallest absolute Gasteiger partial charge is 0.412 e. The van der Waals surface area contributed by atoms with E-state index >= 15 is 0 Å². The van der Waals surface area contributed by atoms with Gasteiger partial charge in [0.2, 0.25) is 0 Å². The van der Waals surface area contributed by atoms with E-state index in [-0.39, 0.29) is 35.5 Å². The quantitative estimate of drug-likeness (QED) is 0.236. The van der Waals surface area contributed by atoms with E-state index in [1.165, 1.54) is 17.1 Å². The predicted octanol–water partition coefficient (Wildman–Crippen LogP) is 3.65. The minimum Gasteiger partial charge on any atom is -0.441 e. The molecule has 12 nitrogen and oxygen atoms in total. The fourth-order valence-corrected chi connectivity index (χ4v) is 7.31. The molecule has 3 heterocycles. The molecule has 242 valence electrons. The number of alkyl carbamates (subject to hydrolysis) is 1. The van der Waals surface area contributed by atoms with Crippen LogP contribution in [0.5, 0.6) is 0 Å². The van der Waals surface area contributed by atoms with E-state index in [9.17, 15) is 18.3 Å².